The minimum atomic E-state index is -0.0775. The Morgan fingerprint density at radius 3 is 2.31 bits per heavy atom. The van der Waals surface area contributed by atoms with Crippen LogP contribution >= 0.6 is 0 Å². The molecule has 4 aromatic carbocycles. The number of hydrogen-bond donors (Lipinski definition) is 1. The fourth-order valence-electron chi connectivity index (χ4n) is 4.83. The SMILES string of the molecule is CCn1c2ccccc2c2cc(CN(CCc3ccccc3)C(=O)Nc3ccccc3C)ccc21. The smallest absolute Gasteiger partial charge is 0.322 e. The van der Waals surface area contributed by atoms with Gasteiger partial charge in [-0.15, -0.1) is 0 Å². The quantitative estimate of drug-likeness (QED) is 0.269. The predicted molar refractivity (Wildman–Crippen MR) is 146 cm³/mol. The van der Waals surface area contributed by atoms with E-state index in [2.05, 4.69) is 71.4 Å². The van der Waals surface area contributed by atoms with Gasteiger partial charge in [0.05, 0.1) is 0 Å². The van der Waals surface area contributed by atoms with Crippen molar-refractivity contribution in [1.82, 2.24) is 9.47 Å². The van der Waals surface area contributed by atoms with Gasteiger partial charge in [0, 0.05) is 47.1 Å². The Hall–Kier alpha value is -4.05. The molecule has 0 bridgehead atoms. The molecule has 0 saturated heterocycles. The Morgan fingerprint density at radius 1 is 0.800 bits per heavy atom. The monoisotopic (exact) mass is 461 g/mol. The maximum atomic E-state index is 13.4. The molecule has 0 radical (unpaired) electrons. The van der Waals surface area contributed by atoms with E-state index < -0.39 is 0 Å². The van der Waals surface area contributed by atoms with Crippen LogP contribution in [0.1, 0.15) is 23.6 Å². The van der Waals surface area contributed by atoms with E-state index in [-0.39, 0.29) is 6.03 Å². The lowest BCUT2D eigenvalue weighted by Crippen LogP contribution is -2.36. The zero-order valence-electron chi connectivity index (χ0n) is 20.4. The molecule has 1 N–H and O–H groups in total. The highest BCUT2D eigenvalue weighted by Gasteiger charge is 2.17. The first-order valence-electron chi connectivity index (χ1n) is 12.3. The lowest BCUT2D eigenvalue weighted by molar-refractivity contribution is 0.210. The normalized spacial score (nSPS) is 11.1. The molecule has 176 valence electrons. The number of fused-ring (bicyclic) bond motifs is 3. The molecule has 0 saturated carbocycles. The van der Waals surface area contributed by atoms with E-state index in [0.29, 0.717) is 13.1 Å². The zero-order chi connectivity index (χ0) is 24.2. The first-order valence-corrected chi connectivity index (χ1v) is 12.3. The number of aromatic nitrogens is 1. The number of rotatable bonds is 7. The number of aryl methyl sites for hydroxylation is 2. The third-order valence-electron chi connectivity index (χ3n) is 6.71. The molecule has 0 aliphatic heterocycles. The summed E-state index contributed by atoms with van der Waals surface area (Å²) in [7, 11) is 0. The molecule has 0 aliphatic rings. The van der Waals surface area contributed by atoms with E-state index >= 15 is 0 Å². The van der Waals surface area contributed by atoms with Crippen LogP contribution in [0.4, 0.5) is 10.5 Å². The highest BCUT2D eigenvalue weighted by molar-refractivity contribution is 6.08. The molecular weight excluding hydrogens is 430 g/mol. The fraction of sp³-hybridized carbons (Fsp3) is 0.194. The molecule has 1 aromatic heterocycles. The van der Waals surface area contributed by atoms with Crippen molar-refractivity contribution < 1.29 is 4.79 Å². The summed E-state index contributed by atoms with van der Waals surface area (Å²) in [5.41, 5.74) is 6.74. The van der Waals surface area contributed by atoms with Crippen molar-refractivity contribution >= 4 is 33.5 Å². The standard InChI is InChI=1S/C31H31N3O/c1-3-34-29-16-10-8-14-26(29)27-21-25(17-18-30(27)34)22-33(20-19-24-12-5-4-6-13-24)31(35)32-28-15-9-7-11-23(28)2/h4-18,21H,3,19-20,22H2,1-2H3,(H,32,35). The van der Waals surface area contributed by atoms with Crippen LogP contribution in [0.3, 0.4) is 0 Å². The van der Waals surface area contributed by atoms with Crippen molar-refractivity contribution in [2.24, 2.45) is 0 Å². The minimum Gasteiger partial charge on any atom is -0.341 e. The fourth-order valence-corrected chi connectivity index (χ4v) is 4.83. The Kier molecular flexibility index (Phi) is 6.53. The minimum absolute atomic E-state index is 0.0775. The van der Waals surface area contributed by atoms with Crippen LogP contribution in [0.2, 0.25) is 0 Å². The van der Waals surface area contributed by atoms with Gasteiger partial charge in [-0.3, -0.25) is 0 Å². The number of nitrogens with one attached hydrogen (secondary N) is 1. The number of urea groups is 1. The average Bonchev–Trinajstić information content (AvgIpc) is 3.21. The Morgan fingerprint density at radius 2 is 1.51 bits per heavy atom. The molecule has 0 aliphatic carbocycles. The summed E-state index contributed by atoms with van der Waals surface area (Å²) in [4.78, 5) is 15.3. The summed E-state index contributed by atoms with van der Waals surface area (Å²) in [6.45, 7) is 6.30. The van der Waals surface area contributed by atoms with Crippen molar-refractivity contribution in [2.45, 2.75) is 33.4 Å². The van der Waals surface area contributed by atoms with Crippen LogP contribution in [0.15, 0.2) is 97.1 Å². The zero-order valence-corrected chi connectivity index (χ0v) is 20.4. The highest BCUT2D eigenvalue weighted by Crippen LogP contribution is 2.30. The molecule has 5 aromatic rings. The van der Waals surface area contributed by atoms with Gasteiger partial charge in [-0.2, -0.15) is 0 Å². The summed E-state index contributed by atoms with van der Waals surface area (Å²) in [6, 6.07) is 33.3. The number of carbonyl (C=O) groups excluding carboxylic acids is 1. The topological polar surface area (TPSA) is 37.3 Å². The van der Waals surface area contributed by atoms with Gasteiger partial charge in [-0.05, 0) is 61.2 Å². The molecule has 0 fully saturated rings. The summed E-state index contributed by atoms with van der Waals surface area (Å²) in [5, 5.41) is 5.62. The lowest BCUT2D eigenvalue weighted by atomic mass is 10.1. The van der Waals surface area contributed by atoms with E-state index in [4.69, 9.17) is 0 Å². The van der Waals surface area contributed by atoms with Crippen LogP contribution < -0.4 is 5.32 Å². The van der Waals surface area contributed by atoms with E-state index in [0.717, 1.165) is 29.8 Å². The second kappa shape index (κ2) is 10.1. The van der Waals surface area contributed by atoms with E-state index in [1.165, 1.54) is 27.4 Å². The Balaban J connectivity index is 1.45. The van der Waals surface area contributed by atoms with Crippen LogP contribution in [-0.2, 0) is 19.5 Å². The van der Waals surface area contributed by atoms with Gasteiger partial charge in [-0.1, -0.05) is 72.8 Å². The van der Waals surface area contributed by atoms with Gasteiger partial charge >= 0.3 is 6.03 Å². The number of nitrogens with zero attached hydrogens (tertiary/aromatic N) is 2. The molecule has 0 atom stereocenters. The van der Waals surface area contributed by atoms with Gasteiger partial charge in [0.25, 0.3) is 0 Å². The lowest BCUT2D eigenvalue weighted by Gasteiger charge is -2.24. The van der Waals surface area contributed by atoms with E-state index in [1.54, 1.807) is 0 Å². The number of para-hydroxylation sites is 2. The number of amides is 2. The average molecular weight is 462 g/mol. The summed E-state index contributed by atoms with van der Waals surface area (Å²) in [5.74, 6) is 0. The van der Waals surface area contributed by atoms with Crippen molar-refractivity contribution in [1.29, 1.82) is 0 Å². The largest absolute Gasteiger partial charge is 0.341 e. The van der Waals surface area contributed by atoms with Crippen LogP contribution in [-0.4, -0.2) is 22.0 Å². The molecule has 4 nitrogen and oxygen atoms in total. The van der Waals surface area contributed by atoms with Gasteiger partial charge < -0.3 is 14.8 Å². The maximum Gasteiger partial charge on any atom is 0.322 e. The third kappa shape index (κ3) is 4.78. The molecule has 4 heteroatoms. The number of carbonyl (C=O) groups is 1. The Bertz CT molecular complexity index is 1470. The second-order valence-electron chi connectivity index (χ2n) is 9.02. The number of anilines is 1. The number of benzene rings is 4. The van der Waals surface area contributed by atoms with Crippen LogP contribution in [0, 0.1) is 6.92 Å². The van der Waals surface area contributed by atoms with Crippen molar-refractivity contribution in [2.75, 3.05) is 11.9 Å². The van der Waals surface area contributed by atoms with Crippen molar-refractivity contribution in [3.05, 3.63) is 114 Å². The van der Waals surface area contributed by atoms with Gasteiger partial charge in [0.2, 0.25) is 0 Å². The molecule has 35 heavy (non-hydrogen) atoms. The van der Waals surface area contributed by atoms with E-state index in [9.17, 15) is 4.79 Å². The number of hydrogen-bond acceptors (Lipinski definition) is 1. The third-order valence-corrected chi connectivity index (χ3v) is 6.71. The second-order valence-corrected chi connectivity index (χ2v) is 9.02. The van der Waals surface area contributed by atoms with Gasteiger partial charge in [0.15, 0.2) is 0 Å². The first-order chi connectivity index (χ1) is 17.1. The molecule has 2 amide bonds. The maximum absolute atomic E-state index is 13.4. The molecule has 5 rings (SSSR count). The van der Waals surface area contributed by atoms with Crippen molar-refractivity contribution in [3.63, 3.8) is 0 Å². The highest BCUT2D eigenvalue weighted by atomic mass is 16.2. The molecule has 0 spiro atoms. The van der Waals surface area contributed by atoms with Crippen LogP contribution in [0.5, 0.6) is 0 Å². The summed E-state index contributed by atoms with van der Waals surface area (Å²) >= 11 is 0. The molecule has 0 unspecified atom stereocenters. The van der Waals surface area contributed by atoms with Crippen molar-refractivity contribution in [3.8, 4) is 0 Å². The summed E-state index contributed by atoms with van der Waals surface area (Å²) < 4.78 is 2.35. The van der Waals surface area contributed by atoms with Crippen LogP contribution in [0.25, 0.3) is 21.8 Å². The van der Waals surface area contributed by atoms with E-state index in [1.807, 2.05) is 54.3 Å². The Labute approximate surface area is 206 Å². The molecule has 1 heterocycles. The predicted octanol–water partition coefficient (Wildman–Crippen LogP) is 7.40. The summed E-state index contributed by atoms with van der Waals surface area (Å²) in [6.07, 6.45) is 0.805. The first kappa shape index (κ1) is 22.7. The van der Waals surface area contributed by atoms with Gasteiger partial charge in [-0.25, -0.2) is 4.79 Å². The molecular formula is C31H31N3O. The van der Waals surface area contributed by atoms with Gasteiger partial charge in [0.1, 0.15) is 0 Å².